The standard InChI is InChI=1S/C15H14N2O8S4.2Na/c1-26-25-15-17-13-3-2-9(4-14(13)27-15)16-8-24-10-5-11(28(18,19)20)7-12(6-10)29(21,22)23;;/h2-7,16H,8H2,1H3,(H,18,19,20)(H,21,22,23);;/q;2*+1/p-2. The molecule has 0 atom stereocenters. The van der Waals surface area contributed by atoms with E-state index >= 15 is 0 Å². The summed E-state index contributed by atoms with van der Waals surface area (Å²) in [4.78, 5) is 2.52. The molecule has 0 fully saturated rings. The molecular weight excluding hydrogens is 510 g/mol. The Morgan fingerprint density at radius 3 is 2.19 bits per heavy atom. The van der Waals surface area contributed by atoms with Gasteiger partial charge in [0.15, 0.2) is 6.73 Å². The second-order valence-corrected chi connectivity index (χ2v) is 9.68. The van der Waals surface area contributed by atoms with Crippen molar-refractivity contribution in [1.29, 1.82) is 0 Å². The number of nitrogens with zero attached hydrogens (tertiary/aromatic N) is 1. The molecule has 16 heteroatoms. The Morgan fingerprint density at radius 2 is 1.65 bits per heavy atom. The van der Waals surface area contributed by atoms with Crippen LogP contribution in [0.2, 0.25) is 0 Å². The first-order valence-electron chi connectivity index (χ1n) is 7.61. The van der Waals surface area contributed by atoms with E-state index in [-0.39, 0.29) is 71.6 Å². The molecule has 0 saturated carbocycles. The first-order valence-corrected chi connectivity index (χ1v) is 12.4. The zero-order valence-electron chi connectivity index (χ0n) is 16.5. The molecule has 31 heavy (non-hydrogen) atoms. The van der Waals surface area contributed by atoms with Crippen LogP contribution in [-0.2, 0) is 20.2 Å². The fraction of sp³-hybridized carbons (Fsp3) is 0.133. The van der Waals surface area contributed by atoms with Crippen molar-refractivity contribution in [3.05, 3.63) is 36.4 Å². The van der Waals surface area contributed by atoms with Gasteiger partial charge in [-0.3, -0.25) is 0 Å². The molecule has 2 aromatic carbocycles. The number of aromatic nitrogens is 1. The maximum absolute atomic E-state index is 11.2. The number of thiazole rings is 1. The topological polar surface area (TPSA) is 158 Å². The van der Waals surface area contributed by atoms with E-state index in [2.05, 4.69) is 10.3 Å². The van der Waals surface area contributed by atoms with Gasteiger partial charge in [0, 0.05) is 11.9 Å². The Balaban J connectivity index is 0.00000240. The summed E-state index contributed by atoms with van der Waals surface area (Å²) in [5.74, 6) is -0.265. The molecule has 1 N–H and O–H groups in total. The molecule has 0 aliphatic rings. The molecule has 0 unspecified atom stereocenters. The van der Waals surface area contributed by atoms with Gasteiger partial charge in [-0.2, -0.15) is 0 Å². The average Bonchev–Trinajstić information content (AvgIpc) is 3.02. The summed E-state index contributed by atoms with van der Waals surface area (Å²) in [6.07, 6.45) is 1.77. The van der Waals surface area contributed by atoms with Gasteiger partial charge >= 0.3 is 59.1 Å². The molecule has 156 valence electrons. The normalized spacial score (nSPS) is 11.3. The number of rotatable bonds is 8. The van der Waals surface area contributed by atoms with Gasteiger partial charge in [0.05, 0.1) is 32.1 Å². The van der Waals surface area contributed by atoms with Crippen LogP contribution in [-0.4, -0.2) is 43.9 Å². The Labute approximate surface area is 231 Å². The van der Waals surface area contributed by atoms with E-state index in [1.807, 2.05) is 0 Å². The summed E-state index contributed by atoms with van der Waals surface area (Å²) in [6, 6.07) is 7.45. The average molecular weight is 523 g/mol. The van der Waals surface area contributed by atoms with Crippen LogP contribution >= 0.6 is 23.4 Å². The van der Waals surface area contributed by atoms with E-state index in [1.54, 1.807) is 24.5 Å². The largest absolute Gasteiger partial charge is 1.00 e. The van der Waals surface area contributed by atoms with Crippen LogP contribution in [0.25, 0.3) is 10.2 Å². The minimum absolute atomic E-state index is 0. The van der Waals surface area contributed by atoms with Crippen molar-refractivity contribution in [1.82, 2.24) is 4.98 Å². The molecule has 0 spiro atoms. The number of hydrogen-bond donors (Lipinski definition) is 1. The third-order valence-electron chi connectivity index (χ3n) is 3.47. The van der Waals surface area contributed by atoms with Gasteiger partial charge in [-0.1, -0.05) is 11.3 Å². The minimum Gasteiger partial charge on any atom is -0.744 e. The third kappa shape index (κ3) is 8.01. The first-order chi connectivity index (χ1) is 13.6. The quantitative estimate of drug-likeness (QED) is 0.134. The molecule has 0 bridgehead atoms. The second-order valence-electron chi connectivity index (χ2n) is 5.43. The van der Waals surface area contributed by atoms with Crippen molar-refractivity contribution in [2.45, 2.75) is 9.79 Å². The predicted octanol–water partition coefficient (Wildman–Crippen LogP) is -3.78. The van der Waals surface area contributed by atoms with Crippen LogP contribution in [0.4, 0.5) is 5.69 Å². The molecule has 10 nitrogen and oxygen atoms in total. The monoisotopic (exact) mass is 522 g/mol. The SMILES string of the molecule is CSOc1nc2ccc(NCOc3cc(S(=O)(=O)[O-])cc(S(=O)(=O)[O-])c3)cc2s1.[Na+].[Na+]. The molecular formula is C15H12N2Na2O8S4. The van der Waals surface area contributed by atoms with Crippen molar-refractivity contribution in [3.8, 4) is 10.9 Å². The van der Waals surface area contributed by atoms with Gasteiger partial charge < -0.3 is 23.3 Å². The first kappa shape index (κ1) is 28.9. The Morgan fingerprint density at radius 1 is 1.03 bits per heavy atom. The molecule has 0 radical (unpaired) electrons. The van der Waals surface area contributed by atoms with Crippen LogP contribution in [0.5, 0.6) is 10.9 Å². The van der Waals surface area contributed by atoms with Gasteiger partial charge in [0.1, 0.15) is 26.0 Å². The fourth-order valence-corrected chi connectivity index (χ4v) is 4.64. The predicted molar refractivity (Wildman–Crippen MR) is 105 cm³/mol. The van der Waals surface area contributed by atoms with Crippen molar-refractivity contribution < 1.29 is 94.0 Å². The summed E-state index contributed by atoms with van der Waals surface area (Å²) in [6.45, 7) is -0.195. The van der Waals surface area contributed by atoms with Gasteiger partial charge in [-0.05, 0) is 36.4 Å². The zero-order valence-corrected chi connectivity index (χ0v) is 23.8. The number of hydrogen-bond acceptors (Lipinski definition) is 12. The summed E-state index contributed by atoms with van der Waals surface area (Å²) in [5.41, 5.74) is 1.38. The number of fused-ring (bicyclic) bond motifs is 1. The Kier molecular flexibility index (Phi) is 11.1. The van der Waals surface area contributed by atoms with E-state index in [9.17, 15) is 25.9 Å². The van der Waals surface area contributed by atoms with Crippen molar-refractivity contribution in [3.63, 3.8) is 0 Å². The smallest absolute Gasteiger partial charge is 0.744 e. The number of anilines is 1. The van der Waals surface area contributed by atoms with E-state index in [4.69, 9.17) is 8.92 Å². The molecule has 0 aliphatic heterocycles. The summed E-state index contributed by atoms with van der Waals surface area (Å²) in [5, 5.41) is 3.40. The maximum Gasteiger partial charge on any atom is 1.00 e. The van der Waals surface area contributed by atoms with Crippen LogP contribution in [0.3, 0.4) is 0 Å². The van der Waals surface area contributed by atoms with E-state index < -0.39 is 30.0 Å². The second kappa shape index (κ2) is 11.9. The number of nitrogens with one attached hydrogen (secondary N) is 1. The Bertz CT molecular complexity index is 1220. The van der Waals surface area contributed by atoms with Crippen LogP contribution in [0.15, 0.2) is 46.2 Å². The van der Waals surface area contributed by atoms with Crippen LogP contribution in [0.1, 0.15) is 0 Å². The molecule has 1 aromatic heterocycles. The summed E-state index contributed by atoms with van der Waals surface area (Å²) < 4.78 is 78.6. The van der Waals surface area contributed by atoms with Crippen molar-refractivity contribution >= 4 is 59.5 Å². The van der Waals surface area contributed by atoms with Gasteiger partial charge in [-0.15, -0.1) is 0 Å². The van der Waals surface area contributed by atoms with Crippen LogP contribution in [0, 0.1) is 0 Å². The molecule has 1 heterocycles. The number of benzene rings is 2. The van der Waals surface area contributed by atoms with Crippen LogP contribution < -0.4 is 73.4 Å². The van der Waals surface area contributed by atoms with E-state index in [1.165, 1.54) is 23.4 Å². The molecule has 3 rings (SSSR count). The van der Waals surface area contributed by atoms with Crippen molar-refractivity contribution in [2.24, 2.45) is 0 Å². The fourth-order valence-electron chi connectivity index (χ4n) is 2.24. The summed E-state index contributed by atoms with van der Waals surface area (Å²) in [7, 11) is -9.97. The van der Waals surface area contributed by atoms with Gasteiger partial charge in [-0.25, -0.2) is 21.8 Å². The third-order valence-corrected chi connectivity index (χ3v) is 6.42. The summed E-state index contributed by atoms with van der Waals surface area (Å²) >= 11 is 2.51. The van der Waals surface area contributed by atoms with Gasteiger partial charge in [0.2, 0.25) is 0 Å². The number of ether oxygens (including phenoxy) is 1. The molecule has 3 aromatic rings. The van der Waals surface area contributed by atoms with E-state index in [0.717, 1.165) is 22.3 Å². The molecule has 0 amide bonds. The Hall–Kier alpha value is -0.1000. The molecule has 0 saturated heterocycles. The minimum atomic E-state index is -4.98. The maximum atomic E-state index is 11.2. The molecule has 0 aliphatic carbocycles. The van der Waals surface area contributed by atoms with E-state index in [0.29, 0.717) is 16.9 Å². The zero-order chi connectivity index (χ0) is 21.2. The van der Waals surface area contributed by atoms with Crippen molar-refractivity contribution in [2.75, 3.05) is 18.3 Å². The van der Waals surface area contributed by atoms with Gasteiger partial charge in [0.25, 0.3) is 5.19 Å².